The summed E-state index contributed by atoms with van der Waals surface area (Å²) in [5.41, 5.74) is 0.656. The van der Waals surface area contributed by atoms with Crippen molar-refractivity contribution in [1.29, 1.82) is 0 Å². The van der Waals surface area contributed by atoms with E-state index in [1.807, 2.05) is 0 Å². The molecule has 0 bridgehead atoms. The molecule has 3 rings (SSSR count). The lowest BCUT2D eigenvalue weighted by Gasteiger charge is -2.27. The van der Waals surface area contributed by atoms with Gasteiger partial charge in [-0.25, -0.2) is 4.79 Å². The molecule has 1 aromatic rings. The summed E-state index contributed by atoms with van der Waals surface area (Å²) in [5, 5.41) is 12.8. The number of hydrogen-bond acceptors (Lipinski definition) is 8. The third-order valence-electron chi connectivity index (χ3n) is 5.13. The Labute approximate surface area is 200 Å². The van der Waals surface area contributed by atoms with Crippen molar-refractivity contribution < 1.29 is 43.3 Å². The van der Waals surface area contributed by atoms with Gasteiger partial charge in [0.1, 0.15) is 12.6 Å². The first kappa shape index (κ1) is 25.8. The van der Waals surface area contributed by atoms with Gasteiger partial charge in [-0.1, -0.05) is 17.9 Å². The minimum absolute atomic E-state index is 0.0504. The zero-order valence-electron chi connectivity index (χ0n) is 18.8. The van der Waals surface area contributed by atoms with E-state index < -0.39 is 35.8 Å². The predicted octanol–water partition coefficient (Wildman–Crippen LogP) is -0.243. The molecule has 0 radical (unpaired) electrons. The molecule has 12 heteroatoms. The summed E-state index contributed by atoms with van der Waals surface area (Å²) >= 11 is 0. The molecule has 2 heterocycles. The van der Waals surface area contributed by atoms with Crippen LogP contribution in [0.3, 0.4) is 0 Å². The number of imide groups is 2. The molecule has 5 amide bonds. The van der Waals surface area contributed by atoms with Gasteiger partial charge in [-0.2, -0.15) is 0 Å². The average Bonchev–Trinajstić information content (AvgIpc) is 3.07. The Morgan fingerprint density at radius 3 is 2.49 bits per heavy atom. The van der Waals surface area contributed by atoms with E-state index in [4.69, 9.17) is 19.3 Å². The topological polar surface area (TPSA) is 161 Å². The van der Waals surface area contributed by atoms with Crippen LogP contribution in [0.5, 0.6) is 0 Å². The zero-order valence-corrected chi connectivity index (χ0v) is 18.8. The van der Waals surface area contributed by atoms with Crippen LogP contribution in [0.4, 0.5) is 4.79 Å². The van der Waals surface area contributed by atoms with Crippen molar-refractivity contribution in [2.45, 2.75) is 18.9 Å². The van der Waals surface area contributed by atoms with Crippen LogP contribution in [0.1, 0.15) is 39.1 Å². The summed E-state index contributed by atoms with van der Waals surface area (Å²) in [4.78, 5) is 60.5. The Morgan fingerprint density at radius 2 is 1.77 bits per heavy atom. The summed E-state index contributed by atoms with van der Waals surface area (Å²) in [6.07, 6.45) is -0.966. The monoisotopic (exact) mass is 487 g/mol. The van der Waals surface area contributed by atoms with Crippen LogP contribution in [0.15, 0.2) is 18.2 Å². The molecule has 3 N–H and O–H groups in total. The number of amides is 5. The van der Waals surface area contributed by atoms with Crippen LogP contribution >= 0.6 is 0 Å². The molecule has 0 spiro atoms. The first-order valence-electron chi connectivity index (χ1n) is 10.9. The summed E-state index contributed by atoms with van der Waals surface area (Å²) in [7, 11) is 0. The first-order valence-corrected chi connectivity index (χ1v) is 10.9. The molecule has 2 aliphatic rings. The van der Waals surface area contributed by atoms with Gasteiger partial charge < -0.3 is 24.6 Å². The van der Waals surface area contributed by atoms with Crippen molar-refractivity contribution >= 4 is 29.7 Å². The molecule has 2 aliphatic heterocycles. The average molecular weight is 487 g/mol. The SMILES string of the molecule is O=C(O)NCCOCCOCCOCC#Cc1cccc2c1C(=O)N(C1CCC(=O)NC1=O)C2=O. The highest BCUT2D eigenvalue weighted by atomic mass is 16.5. The second-order valence-corrected chi connectivity index (χ2v) is 7.49. The van der Waals surface area contributed by atoms with E-state index in [2.05, 4.69) is 22.5 Å². The van der Waals surface area contributed by atoms with Crippen LogP contribution in [0, 0.1) is 11.8 Å². The van der Waals surface area contributed by atoms with Gasteiger partial charge >= 0.3 is 6.09 Å². The van der Waals surface area contributed by atoms with Gasteiger partial charge in [0.05, 0.1) is 44.2 Å². The third kappa shape index (κ3) is 6.86. The number of benzene rings is 1. The minimum Gasteiger partial charge on any atom is -0.465 e. The number of carboxylic acid groups (broad SMARTS) is 1. The van der Waals surface area contributed by atoms with Crippen molar-refractivity contribution in [3.8, 4) is 11.8 Å². The van der Waals surface area contributed by atoms with Crippen LogP contribution in [0.25, 0.3) is 0 Å². The quantitative estimate of drug-likeness (QED) is 0.217. The fraction of sp³-hybridized carbons (Fsp3) is 0.435. The van der Waals surface area contributed by atoms with E-state index in [-0.39, 0.29) is 50.3 Å². The van der Waals surface area contributed by atoms with Crippen molar-refractivity contribution in [2.24, 2.45) is 0 Å². The van der Waals surface area contributed by atoms with E-state index in [0.717, 1.165) is 4.90 Å². The normalized spacial score (nSPS) is 17.0. The molecule has 1 saturated heterocycles. The van der Waals surface area contributed by atoms with Gasteiger partial charge in [-0.3, -0.25) is 29.4 Å². The summed E-state index contributed by atoms with van der Waals surface area (Å²) in [5.74, 6) is 3.34. The third-order valence-corrected chi connectivity index (χ3v) is 5.13. The maximum absolute atomic E-state index is 13.0. The van der Waals surface area contributed by atoms with Gasteiger partial charge in [-0.05, 0) is 18.6 Å². The fourth-order valence-electron chi connectivity index (χ4n) is 3.54. The molecule has 0 saturated carbocycles. The van der Waals surface area contributed by atoms with Crippen molar-refractivity contribution in [2.75, 3.05) is 46.2 Å². The van der Waals surface area contributed by atoms with E-state index in [0.29, 0.717) is 25.4 Å². The van der Waals surface area contributed by atoms with Crippen LogP contribution in [-0.4, -0.2) is 92.0 Å². The largest absolute Gasteiger partial charge is 0.465 e. The van der Waals surface area contributed by atoms with Crippen molar-refractivity contribution in [3.63, 3.8) is 0 Å². The maximum Gasteiger partial charge on any atom is 0.404 e. The lowest BCUT2D eigenvalue weighted by atomic mass is 10.0. The predicted molar refractivity (Wildman–Crippen MR) is 118 cm³/mol. The van der Waals surface area contributed by atoms with Crippen LogP contribution in [-0.2, 0) is 23.8 Å². The van der Waals surface area contributed by atoms with E-state index in [1.165, 1.54) is 6.07 Å². The maximum atomic E-state index is 13.0. The second kappa shape index (κ2) is 12.6. The molecule has 0 aliphatic carbocycles. The number of fused-ring (bicyclic) bond motifs is 1. The van der Waals surface area contributed by atoms with Gasteiger partial charge in [0.25, 0.3) is 11.8 Å². The first-order chi connectivity index (χ1) is 16.9. The van der Waals surface area contributed by atoms with E-state index >= 15 is 0 Å². The Hall–Kier alpha value is -3.79. The Balaban J connectivity index is 1.43. The molecule has 1 atom stereocenters. The highest BCUT2D eigenvalue weighted by Crippen LogP contribution is 2.29. The lowest BCUT2D eigenvalue weighted by Crippen LogP contribution is -2.54. The Morgan fingerprint density at radius 1 is 1.06 bits per heavy atom. The van der Waals surface area contributed by atoms with Gasteiger partial charge in [0.15, 0.2) is 0 Å². The molecule has 0 aromatic heterocycles. The molecular formula is C23H25N3O9. The highest BCUT2D eigenvalue weighted by Gasteiger charge is 2.45. The number of nitrogens with one attached hydrogen (secondary N) is 2. The summed E-state index contributed by atoms with van der Waals surface area (Å²) in [6.45, 7) is 1.78. The number of piperidine rings is 1. The zero-order chi connectivity index (χ0) is 25.2. The minimum atomic E-state index is -1.10. The van der Waals surface area contributed by atoms with Gasteiger partial charge in [0.2, 0.25) is 11.8 Å². The van der Waals surface area contributed by atoms with Gasteiger partial charge in [0, 0.05) is 18.5 Å². The molecule has 1 fully saturated rings. The van der Waals surface area contributed by atoms with Crippen LogP contribution < -0.4 is 10.6 Å². The molecule has 186 valence electrons. The number of hydrogen-bond donors (Lipinski definition) is 3. The van der Waals surface area contributed by atoms with Crippen LogP contribution in [0.2, 0.25) is 0 Å². The number of carbonyl (C=O) groups is 5. The van der Waals surface area contributed by atoms with Crippen molar-refractivity contribution in [3.05, 3.63) is 34.9 Å². The number of nitrogens with zero attached hydrogens (tertiary/aromatic N) is 1. The molecule has 1 unspecified atom stereocenters. The van der Waals surface area contributed by atoms with E-state index in [9.17, 15) is 24.0 Å². The fourth-order valence-corrected chi connectivity index (χ4v) is 3.54. The standard InChI is InChI=1S/C23H25N3O9/c27-18-7-6-17(20(28)25-18)26-21(29)16-5-1-3-15(19(16)22(26)30)4-2-9-33-11-13-35-14-12-34-10-8-24-23(31)32/h1,3,5,17,24H,6-14H2,(H,31,32)(H,25,27,28). The van der Waals surface area contributed by atoms with Crippen molar-refractivity contribution in [1.82, 2.24) is 15.5 Å². The van der Waals surface area contributed by atoms with Gasteiger partial charge in [-0.15, -0.1) is 0 Å². The van der Waals surface area contributed by atoms with E-state index in [1.54, 1.807) is 12.1 Å². The molecule has 12 nitrogen and oxygen atoms in total. The highest BCUT2D eigenvalue weighted by molar-refractivity contribution is 6.24. The Kier molecular flexibility index (Phi) is 9.31. The smallest absolute Gasteiger partial charge is 0.404 e. The number of rotatable bonds is 11. The Bertz CT molecular complexity index is 1060. The summed E-state index contributed by atoms with van der Waals surface area (Å²) < 4.78 is 15.9. The lowest BCUT2D eigenvalue weighted by molar-refractivity contribution is -0.136. The number of carbonyl (C=O) groups excluding carboxylic acids is 4. The molecule has 1 aromatic carbocycles. The summed E-state index contributed by atoms with van der Waals surface area (Å²) in [6, 6.07) is 3.69. The molecule has 35 heavy (non-hydrogen) atoms. The second-order valence-electron chi connectivity index (χ2n) is 7.49. The number of ether oxygens (including phenoxy) is 3. The molecular weight excluding hydrogens is 462 g/mol.